The number of piperidine rings is 1. The highest BCUT2D eigenvalue weighted by atomic mass is 32.2. The van der Waals surface area contributed by atoms with E-state index in [1.54, 1.807) is 7.05 Å². The van der Waals surface area contributed by atoms with Crippen molar-refractivity contribution in [3.63, 3.8) is 0 Å². The molecule has 21 heavy (non-hydrogen) atoms. The minimum Gasteiger partial charge on any atom is -0.481 e. The van der Waals surface area contributed by atoms with Gasteiger partial charge in [0.25, 0.3) is 10.2 Å². The van der Waals surface area contributed by atoms with E-state index in [4.69, 9.17) is 5.11 Å². The van der Waals surface area contributed by atoms with Crippen molar-refractivity contribution >= 4 is 16.2 Å². The molecule has 0 aromatic carbocycles. The van der Waals surface area contributed by atoms with E-state index in [2.05, 4.69) is 11.8 Å². The zero-order valence-electron chi connectivity index (χ0n) is 13.2. The molecule has 0 aliphatic carbocycles. The highest BCUT2D eigenvalue weighted by molar-refractivity contribution is 7.86. The maximum Gasteiger partial charge on any atom is 0.304 e. The molecule has 8 heteroatoms. The van der Waals surface area contributed by atoms with Gasteiger partial charge in [0.15, 0.2) is 0 Å². The second-order valence-electron chi connectivity index (χ2n) is 5.56. The average molecular weight is 321 g/mol. The Morgan fingerprint density at radius 2 is 1.86 bits per heavy atom. The summed E-state index contributed by atoms with van der Waals surface area (Å²) < 4.78 is 27.3. The Bertz CT molecular complexity index is 433. The Hall–Kier alpha value is -0.700. The SMILES string of the molecule is CCCN1CCC(N(C)S(=O)(=O)N(C)CCC(=O)O)CC1. The number of aliphatic carboxylic acids is 1. The van der Waals surface area contributed by atoms with Crippen LogP contribution in [0.2, 0.25) is 0 Å². The van der Waals surface area contributed by atoms with Crippen LogP contribution in [0, 0.1) is 0 Å². The molecule has 0 aromatic rings. The number of carboxylic acids is 1. The topological polar surface area (TPSA) is 81.2 Å². The second kappa shape index (κ2) is 8.07. The molecule has 0 aromatic heterocycles. The van der Waals surface area contributed by atoms with Gasteiger partial charge in [0.05, 0.1) is 6.42 Å². The zero-order chi connectivity index (χ0) is 16.0. The lowest BCUT2D eigenvalue weighted by Crippen LogP contribution is -2.49. The fourth-order valence-electron chi connectivity index (χ4n) is 2.60. The van der Waals surface area contributed by atoms with Crippen molar-refractivity contribution in [2.75, 3.05) is 40.3 Å². The molecule has 0 bridgehead atoms. The molecule has 1 aliphatic heterocycles. The van der Waals surface area contributed by atoms with Gasteiger partial charge in [-0.3, -0.25) is 4.79 Å². The predicted molar refractivity (Wildman–Crippen MR) is 81.3 cm³/mol. The Morgan fingerprint density at radius 1 is 1.29 bits per heavy atom. The third-order valence-corrected chi connectivity index (χ3v) is 6.01. The fourth-order valence-corrected chi connectivity index (χ4v) is 3.95. The Kier molecular flexibility index (Phi) is 7.05. The van der Waals surface area contributed by atoms with E-state index < -0.39 is 16.2 Å². The molecule has 0 saturated carbocycles. The van der Waals surface area contributed by atoms with Crippen molar-refractivity contribution in [1.29, 1.82) is 0 Å². The molecule has 124 valence electrons. The van der Waals surface area contributed by atoms with Gasteiger partial charge in [-0.05, 0) is 38.9 Å². The van der Waals surface area contributed by atoms with E-state index in [1.807, 2.05) is 0 Å². The van der Waals surface area contributed by atoms with Crippen molar-refractivity contribution in [2.45, 2.75) is 38.6 Å². The molecule has 1 saturated heterocycles. The van der Waals surface area contributed by atoms with Gasteiger partial charge >= 0.3 is 5.97 Å². The van der Waals surface area contributed by atoms with Crippen LogP contribution in [0.3, 0.4) is 0 Å². The third-order valence-electron chi connectivity index (χ3n) is 4.01. The Labute approximate surface area is 127 Å². The van der Waals surface area contributed by atoms with Crippen molar-refractivity contribution in [2.24, 2.45) is 0 Å². The molecular weight excluding hydrogens is 294 g/mol. The molecular formula is C13H27N3O4S. The number of rotatable bonds is 8. The lowest BCUT2D eigenvalue weighted by atomic mass is 10.1. The molecule has 0 amide bonds. The molecule has 0 atom stereocenters. The molecule has 1 heterocycles. The van der Waals surface area contributed by atoms with Crippen molar-refractivity contribution in [3.8, 4) is 0 Å². The van der Waals surface area contributed by atoms with E-state index in [1.165, 1.54) is 11.4 Å². The van der Waals surface area contributed by atoms with Crippen molar-refractivity contribution in [3.05, 3.63) is 0 Å². The quantitative estimate of drug-likeness (QED) is 0.702. The second-order valence-corrected chi connectivity index (χ2v) is 7.66. The van der Waals surface area contributed by atoms with Gasteiger partial charge in [0, 0.05) is 26.7 Å². The van der Waals surface area contributed by atoms with E-state index in [9.17, 15) is 13.2 Å². The minimum absolute atomic E-state index is 0.00329. The maximum atomic E-state index is 12.4. The number of likely N-dealkylation sites (tertiary alicyclic amines) is 1. The third kappa shape index (κ3) is 5.21. The molecule has 0 spiro atoms. The van der Waals surface area contributed by atoms with Crippen LogP contribution in [0.15, 0.2) is 0 Å². The summed E-state index contributed by atoms with van der Waals surface area (Å²) in [5, 5.41) is 8.65. The smallest absolute Gasteiger partial charge is 0.304 e. The average Bonchev–Trinajstić information content (AvgIpc) is 2.45. The molecule has 0 radical (unpaired) electrons. The molecule has 1 N–H and O–H groups in total. The summed E-state index contributed by atoms with van der Waals surface area (Å²) in [5.74, 6) is -0.993. The molecule has 1 aliphatic rings. The number of carbonyl (C=O) groups is 1. The van der Waals surface area contributed by atoms with E-state index >= 15 is 0 Å². The van der Waals surface area contributed by atoms with Crippen LogP contribution in [0.1, 0.15) is 32.6 Å². The molecule has 1 rings (SSSR count). The van der Waals surface area contributed by atoms with Crippen LogP contribution in [0.25, 0.3) is 0 Å². The molecule has 0 unspecified atom stereocenters. The Balaban J connectivity index is 2.57. The molecule has 7 nitrogen and oxygen atoms in total. The van der Waals surface area contributed by atoms with Gasteiger partial charge in [-0.25, -0.2) is 0 Å². The van der Waals surface area contributed by atoms with Crippen LogP contribution < -0.4 is 0 Å². The summed E-state index contributed by atoms with van der Waals surface area (Å²) in [6.45, 7) is 5.02. The first-order valence-corrected chi connectivity index (χ1v) is 8.82. The lowest BCUT2D eigenvalue weighted by molar-refractivity contribution is -0.137. The first kappa shape index (κ1) is 18.3. The zero-order valence-corrected chi connectivity index (χ0v) is 14.0. The standard InChI is InChI=1S/C13H27N3O4S/c1-4-8-16-10-5-12(6-11-16)15(3)21(19,20)14(2)9-7-13(17)18/h12H,4-11H2,1-3H3,(H,17,18). The number of hydrogen-bond acceptors (Lipinski definition) is 4. The number of nitrogens with zero attached hydrogens (tertiary/aromatic N) is 3. The maximum absolute atomic E-state index is 12.4. The normalized spacial score (nSPS) is 18.5. The minimum atomic E-state index is -3.58. The van der Waals surface area contributed by atoms with Gasteiger partial charge in [0.2, 0.25) is 0 Å². The van der Waals surface area contributed by atoms with Gasteiger partial charge in [0.1, 0.15) is 0 Å². The van der Waals surface area contributed by atoms with Crippen molar-refractivity contribution in [1.82, 2.24) is 13.5 Å². The Morgan fingerprint density at radius 3 is 2.33 bits per heavy atom. The highest BCUT2D eigenvalue weighted by Gasteiger charge is 2.32. The lowest BCUT2D eigenvalue weighted by Gasteiger charge is -2.37. The van der Waals surface area contributed by atoms with Gasteiger partial charge in [-0.15, -0.1) is 0 Å². The molecule has 1 fully saturated rings. The summed E-state index contributed by atoms with van der Waals surface area (Å²) >= 11 is 0. The summed E-state index contributed by atoms with van der Waals surface area (Å²) in [5.41, 5.74) is 0. The van der Waals surface area contributed by atoms with Crippen LogP contribution >= 0.6 is 0 Å². The number of hydrogen-bond donors (Lipinski definition) is 1. The van der Waals surface area contributed by atoms with E-state index in [-0.39, 0.29) is 19.0 Å². The highest BCUT2D eigenvalue weighted by Crippen LogP contribution is 2.19. The summed E-state index contributed by atoms with van der Waals surface area (Å²) in [6.07, 6.45) is 2.57. The van der Waals surface area contributed by atoms with Crippen molar-refractivity contribution < 1.29 is 18.3 Å². The number of carboxylic acid groups (broad SMARTS) is 1. The van der Waals surface area contributed by atoms with Gasteiger partial charge in [-0.2, -0.15) is 17.0 Å². The monoisotopic (exact) mass is 321 g/mol. The van der Waals surface area contributed by atoms with Gasteiger partial charge < -0.3 is 10.0 Å². The predicted octanol–water partition coefficient (Wildman–Crippen LogP) is 0.444. The van der Waals surface area contributed by atoms with E-state index in [0.29, 0.717) is 0 Å². The fraction of sp³-hybridized carbons (Fsp3) is 0.923. The first-order chi connectivity index (χ1) is 9.78. The van der Waals surface area contributed by atoms with Crippen LogP contribution in [0.5, 0.6) is 0 Å². The van der Waals surface area contributed by atoms with Crippen LogP contribution in [-0.4, -0.2) is 79.3 Å². The summed E-state index contributed by atoms with van der Waals surface area (Å²) in [4.78, 5) is 12.9. The summed E-state index contributed by atoms with van der Waals surface area (Å²) in [6, 6.07) is -0.00427. The largest absolute Gasteiger partial charge is 0.481 e. The first-order valence-electron chi connectivity index (χ1n) is 7.42. The van der Waals surface area contributed by atoms with Crippen LogP contribution in [0.4, 0.5) is 0 Å². The van der Waals surface area contributed by atoms with Crippen LogP contribution in [-0.2, 0) is 15.0 Å². The van der Waals surface area contributed by atoms with E-state index in [0.717, 1.165) is 43.2 Å². The van der Waals surface area contributed by atoms with Gasteiger partial charge in [-0.1, -0.05) is 6.92 Å². The summed E-state index contributed by atoms with van der Waals surface area (Å²) in [7, 11) is -0.558.